The molecular formula is C12H24. The summed E-state index contributed by atoms with van der Waals surface area (Å²) in [5.74, 6) is 0.812. The maximum absolute atomic E-state index is 2.43. The van der Waals surface area contributed by atoms with Crippen LogP contribution in [0.5, 0.6) is 0 Å². The van der Waals surface area contributed by atoms with Crippen LogP contribution in [0.4, 0.5) is 0 Å². The van der Waals surface area contributed by atoms with Crippen molar-refractivity contribution in [1.82, 2.24) is 0 Å². The van der Waals surface area contributed by atoms with E-state index >= 15 is 0 Å². The lowest BCUT2D eigenvalue weighted by Gasteiger charge is -2.24. The quantitative estimate of drug-likeness (QED) is 0.582. The van der Waals surface area contributed by atoms with E-state index in [0.717, 1.165) is 5.92 Å². The van der Waals surface area contributed by atoms with Crippen molar-refractivity contribution in [3.63, 3.8) is 0 Å². The molecule has 0 aromatic carbocycles. The Labute approximate surface area is 77.7 Å². The monoisotopic (exact) mass is 168 g/mol. The third-order valence-electron chi connectivity index (χ3n) is 5.27. The number of hydrogen-bond acceptors (Lipinski definition) is 0. The van der Waals surface area contributed by atoms with Crippen molar-refractivity contribution in [2.75, 3.05) is 0 Å². The Morgan fingerprint density at radius 2 is 1.25 bits per heavy atom. The van der Waals surface area contributed by atoms with Crippen LogP contribution in [0.15, 0.2) is 0 Å². The summed E-state index contributed by atoms with van der Waals surface area (Å²) in [7, 11) is 0. The third kappa shape index (κ3) is 0.701. The van der Waals surface area contributed by atoms with Gasteiger partial charge in [0.1, 0.15) is 0 Å². The minimum Gasteiger partial charge on any atom is -0.0648 e. The fourth-order valence-electron chi connectivity index (χ4n) is 4.21. The molecule has 0 spiro atoms. The summed E-state index contributed by atoms with van der Waals surface area (Å²) in [6.07, 6.45) is 1.32. The fourth-order valence-corrected chi connectivity index (χ4v) is 4.21. The van der Waals surface area contributed by atoms with Gasteiger partial charge in [0, 0.05) is 0 Å². The van der Waals surface area contributed by atoms with Crippen LogP contribution < -0.4 is 0 Å². The average Bonchev–Trinajstić information content (AvgIpc) is 2.21. The first kappa shape index (κ1) is 10.1. The minimum absolute atomic E-state index is 0.531. The predicted octanol–water partition coefficient (Wildman–Crippen LogP) is 4.10. The molecule has 0 N–H and O–H groups in total. The van der Waals surface area contributed by atoms with Gasteiger partial charge in [-0.15, -0.1) is 0 Å². The molecule has 0 aromatic heterocycles. The Kier molecular flexibility index (Phi) is 1.91. The zero-order chi connectivity index (χ0) is 9.78. The molecule has 1 saturated carbocycles. The fraction of sp³-hybridized carbons (Fsp3) is 1.00. The smallest absolute Gasteiger partial charge is 0.0164 e. The topological polar surface area (TPSA) is 0 Å². The van der Waals surface area contributed by atoms with Crippen LogP contribution in [-0.2, 0) is 0 Å². The normalized spacial score (nSPS) is 29.0. The highest BCUT2D eigenvalue weighted by atomic mass is 14.8. The van der Waals surface area contributed by atoms with Crippen molar-refractivity contribution in [2.45, 2.75) is 54.9 Å². The van der Waals surface area contributed by atoms with E-state index in [-0.39, 0.29) is 0 Å². The SMILES string of the molecule is CCC1(C(C)C)C(C)(C)C1(C)C. The summed E-state index contributed by atoms with van der Waals surface area (Å²) >= 11 is 0. The van der Waals surface area contributed by atoms with Gasteiger partial charge in [-0.1, -0.05) is 48.5 Å². The molecule has 1 fully saturated rings. The lowest BCUT2D eigenvalue weighted by atomic mass is 9.80. The molecule has 1 rings (SSSR count). The second-order valence-corrected chi connectivity index (χ2v) is 5.73. The third-order valence-corrected chi connectivity index (χ3v) is 5.27. The van der Waals surface area contributed by atoms with Crippen LogP contribution in [0.1, 0.15) is 54.9 Å². The largest absolute Gasteiger partial charge is 0.0648 e. The van der Waals surface area contributed by atoms with Gasteiger partial charge in [0.15, 0.2) is 0 Å². The van der Waals surface area contributed by atoms with Crippen LogP contribution in [0.3, 0.4) is 0 Å². The molecule has 0 saturated heterocycles. The van der Waals surface area contributed by atoms with Crippen LogP contribution in [0.25, 0.3) is 0 Å². The van der Waals surface area contributed by atoms with E-state index < -0.39 is 0 Å². The number of rotatable bonds is 2. The molecule has 0 aromatic rings. The second-order valence-electron chi connectivity index (χ2n) is 5.73. The van der Waals surface area contributed by atoms with Crippen LogP contribution >= 0.6 is 0 Å². The first-order valence-corrected chi connectivity index (χ1v) is 5.25. The molecule has 0 amide bonds. The maximum Gasteiger partial charge on any atom is -0.0164 e. The van der Waals surface area contributed by atoms with Crippen molar-refractivity contribution in [3.8, 4) is 0 Å². The van der Waals surface area contributed by atoms with E-state index in [2.05, 4.69) is 48.5 Å². The zero-order valence-electron chi connectivity index (χ0n) is 9.78. The van der Waals surface area contributed by atoms with E-state index in [9.17, 15) is 0 Å². The Balaban J connectivity index is 3.03. The van der Waals surface area contributed by atoms with E-state index in [1.165, 1.54) is 6.42 Å². The molecule has 0 unspecified atom stereocenters. The summed E-state index contributed by atoms with van der Waals surface area (Å²) in [6, 6.07) is 0. The summed E-state index contributed by atoms with van der Waals surface area (Å²) in [4.78, 5) is 0. The summed E-state index contributed by atoms with van der Waals surface area (Å²) < 4.78 is 0. The van der Waals surface area contributed by atoms with E-state index in [1.807, 2.05) is 0 Å². The van der Waals surface area contributed by atoms with Crippen LogP contribution in [-0.4, -0.2) is 0 Å². The molecular weight excluding hydrogens is 144 g/mol. The second kappa shape index (κ2) is 2.27. The van der Waals surface area contributed by atoms with E-state index in [0.29, 0.717) is 16.2 Å². The molecule has 0 aliphatic heterocycles. The standard InChI is InChI=1S/C12H24/c1-8-12(9(2)3)10(4,5)11(12,6)7/h9H,8H2,1-7H3. The zero-order valence-corrected chi connectivity index (χ0v) is 9.78. The molecule has 0 heteroatoms. The maximum atomic E-state index is 2.43. The van der Waals surface area contributed by atoms with Gasteiger partial charge in [0.05, 0.1) is 0 Å². The van der Waals surface area contributed by atoms with E-state index in [1.54, 1.807) is 0 Å². The van der Waals surface area contributed by atoms with Crippen molar-refractivity contribution in [1.29, 1.82) is 0 Å². The molecule has 72 valence electrons. The molecule has 0 radical (unpaired) electrons. The molecule has 1 aliphatic carbocycles. The lowest BCUT2D eigenvalue weighted by Crippen LogP contribution is -2.17. The summed E-state index contributed by atoms with van der Waals surface area (Å²) in [5.41, 5.74) is 1.64. The molecule has 12 heavy (non-hydrogen) atoms. The van der Waals surface area contributed by atoms with Gasteiger partial charge in [0.25, 0.3) is 0 Å². The average molecular weight is 168 g/mol. The van der Waals surface area contributed by atoms with Crippen molar-refractivity contribution in [3.05, 3.63) is 0 Å². The Morgan fingerprint density at radius 1 is 0.917 bits per heavy atom. The lowest BCUT2D eigenvalue weighted by molar-refractivity contribution is 0.246. The van der Waals surface area contributed by atoms with Gasteiger partial charge in [-0.3, -0.25) is 0 Å². The Hall–Kier alpha value is 0. The number of hydrogen-bond donors (Lipinski definition) is 0. The minimum atomic E-state index is 0.531. The first-order valence-electron chi connectivity index (χ1n) is 5.25. The van der Waals surface area contributed by atoms with Crippen LogP contribution in [0.2, 0.25) is 0 Å². The molecule has 1 aliphatic rings. The molecule has 0 nitrogen and oxygen atoms in total. The first-order chi connectivity index (χ1) is 5.25. The Morgan fingerprint density at radius 3 is 1.25 bits per heavy atom. The van der Waals surface area contributed by atoms with Gasteiger partial charge in [-0.05, 0) is 28.6 Å². The molecule has 0 heterocycles. The van der Waals surface area contributed by atoms with Gasteiger partial charge in [-0.2, -0.15) is 0 Å². The van der Waals surface area contributed by atoms with Crippen molar-refractivity contribution >= 4 is 0 Å². The van der Waals surface area contributed by atoms with Gasteiger partial charge >= 0.3 is 0 Å². The van der Waals surface area contributed by atoms with Gasteiger partial charge in [-0.25, -0.2) is 0 Å². The van der Waals surface area contributed by atoms with Crippen molar-refractivity contribution < 1.29 is 0 Å². The highest BCUT2D eigenvalue weighted by molar-refractivity contribution is 5.23. The molecule has 0 atom stereocenters. The van der Waals surface area contributed by atoms with Gasteiger partial charge in [0.2, 0.25) is 0 Å². The summed E-state index contributed by atoms with van der Waals surface area (Å²) in [5, 5.41) is 0. The highest BCUT2D eigenvalue weighted by Gasteiger charge is 2.76. The summed E-state index contributed by atoms with van der Waals surface area (Å²) in [6.45, 7) is 16.8. The predicted molar refractivity (Wildman–Crippen MR) is 55.1 cm³/mol. The van der Waals surface area contributed by atoms with Gasteiger partial charge < -0.3 is 0 Å². The Bertz CT molecular complexity index is 170. The van der Waals surface area contributed by atoms with Crippen molar-refractivity contribution in [2.24, 2.45) is 22.2 Å². The highest BCUT2D eigenvalue weighted by Crippen LogP contribution is 2.81. The van der Waals surface area contributed by atoms with E-state index in [4.69, 9.17) is 0 Å². The molecule has 0 bridgehead atoms. The van der Waals surface area contributed by atoms with Crippen LogP contribution in [0, 0.1) is 22.2 Å².